The second kappa shape index (κ2) is 9.88. The van der Waals surface area contributed by atoms with Gasteiger partial charge in [-0.1, -0.05) is 52.0 Å². The molecule has 0 aliphatic carbocycles. The summed E-state index contributed by atoms with van der Waals surface area (Å²) in [5, 5.41) is 8.73. The number of nitrogens with zero attached hydrogens (tertiary/aromatic N) is 1. The number of allylic oxidation sites excluding steroid dienone is 3. The molecule has 0 aliphatic rings. The molecule has 0 atom stereocenters. The zero-order chi connectivity index (χ0) is 17.3. The fourth-order valence-corrected chi connectivity index (χ4v) is 2.57. The molecule has 124 valence electrons. The van der Waals surface area contributed by atoms with E-state index in [1.807, 2.05) is 6.92 Å². The summed E-state index contributed by atoms with van der Waals surface area (Å²) >= 11 is 17.3. The minimum Gasteiger partial charge on any atom is -0.490 e. The van der Waals surface area contributed by atoms with Crippen LogP contribution in [0.25, 0.3) is 0 Å². The third kappa shape index (κ3) is 9.56. The van der Waals surface area contributed by atoms with Crippen molar-refractivity contribution in [1.82, 2.24) is 0 Å². The van der Waals surface area contributed by atoms with E-state index >= 15 is 0 Å². The normalized spacial score (nSPS) is 12.9. The van der Waals surface area contributed by atoms with Gasteiger partial charge < -0.3 is 4.74 Å². The molecule has 0 aliphatic heterocycles. The molecule has 5 heteroatoms. The van der Waals surface area contributed by atoms with Gasteiger partial charge in [0.05, 0.1) is 11.6 Å². The average molecular weight is 373 g/mol. The van der Waals surface area contributed by atoms with Crippen molar-refractivity contribution in [2.75, 3.05) is 6.61 Å². The minimum absolute atomic E-state index is 0.447. The van der Waals surface area contributed by atoms with Crippen molar-refractivity contribution in [3.05, 3.63) is 53.1 Å². The van der Waals surface area contributed by atoms with Crippen molar-refractivity contribution in [2.24, 2.45) is 0 Å². The van der Waals surface area contributed by atoms with Gasteiger partial charge in [-0.25, -0.2) is 0 Å². The van der Waals surface area contributed by atoms with Gasteiger partial charge in [0.1, 0.15) is 12.4 Å². The van der Waals surface area contributed by atoms with E-state index in [9.17, 15) is 0 Å². The predicted molar refractivity (Wildman–Crippen MR) is 98.3 cm³/mol. The van der Waals surface area contributed by atoms with E-state index in [4.69, 9.17) is 44.8 Å². The average Bonchev–Trinajstić information content (AvgIpc) is 2.46. The number of hydrogen-bond acceptors (Lipinski definition) is 2. The number of halogens is 3. The van der Waals surface area contributed by atoms with Gasteiger partial charge in [-0.15, -0.1) is 0 Å². The largest absolute Gasteiger partial charge is 0.490 e. The van der Waals surface area contributed by atoms with E-state index in [2.05, 4.69) is 25.1 Å². The Morgan fingerprint density at radius 2 is 1.78 bits per heavy atom. The van der Waals surface area contributed by atoms with E-state index in [1.165, 1.54) is 5.57 Å². The highest BCUT2D eigenvalue weighted by atomic mass is 35.6. The van der Waals surface area contributed by atoms with Gasteiger partial charge in [0.2, 0.25) is 0 Å². The lowest BCUT2D eigenvalue weighted by atomic mass is 10.1. The maximum absolute atomic E-state index is 8.73. The molecule has 0 N–H and O–H groups in total. The van der Waals surface area contributed by atoms with Crippen molar-refractivity contribution in [3.8, 4) is 11.8 Å². The molecular formula is C18H20Cl3NO. The standard InChI is InChI=1S/C18H20Cl3NO/c1-14(4-3-5-15(2)12-18(19,20)21)10-11-23-17-8-6-16(13-22)7-9-17/h5-10H,3-4,11-12H2,1-2H3/b14-10+,15-5+. The summed E-state index contributed by atoms with van der Waals surface area (Å²) in [7, 11) is 0. The van der Waals surface area contributed by atoms with Crippen LogP contribution in [-0.2, 0) is 0 Å². The van der Waals surface area contributed by atoms with Gasteiger partial charge in [0.15, 0.2) is 3.79 Å². The van der Waals surface area contributed by atoms with E-state index in [0.29, 0.717) is 18.6 Å². The second-order valence-corrected chi connectivity index (χ2v) is 7.89. The van der Waals surface area contributed by atoms with Gasteiger partial charge in [-0.2, -0.15) is 5.26 Å². The van der Waals surface area contributed by atoms with Crippen molar-refractivity contribution < 1.29 is 4.74 Å². The van der Waals surface area contributed by atoms with Crippen LogP contribution >= 0.6 is 34.8 Å². The van der Waals surface area contributed by atoms with Crippen LogP contribution in [0.15, 0.2) is 47.6 Å². The van der Waals surface area contributed by atoms with E-state index in [1.54, 1.807) is 24.3 Å². The summed E-state index contributed by atoms with van der Waals surface area (Å²) in [6.07, 6.45) is 6.44. The SMILES string of the molecule is C/C(=C\COc1ccc(C#N)cc1)CC/C=C(\C)CC(Cl)(Cl)Cl. The molecule has 0 amide bonds. The lowest BCUT2D eigenvalue weighted by Crippen LogP contribution is -2.01. The molecule has 23 heavy (non-hydrogen) atoms. The van der Waals surface area contributed by atoms with E-state index < -0.39 is 3.79 Å². The van der Waals surface area contributed by atoms with E-state index in [0.717, 1.165) is 24.2 Å². The number of hydrogen-bond donors (Lipinski definition) is 0. The molecule has 0 saturated heterocycles. The molecule has 1 rings (SSSR count). The summed E-state index contributed by atoms with van der Waals surface area (Å²) in [6.45, 7) is 4.55. The molecule has 0 spiro atoms. The van der Waals surface area contributed by atoms with Crippen molar-refractivity contribution in [3.63, 3.8) is 0 Å². The van der Waals surface area contributed by atoms with Crippen molar-refractivity contribution >= 4 is 34.8 Å². The highest BCUT2D eigenvalue weighted by molar-refractivity contribution is 6.67. The number of rotatable bonds is 7. The summed E-state index contributed by atoms with van der Waals surface area (Å²) < 4.78 is 4.39. The number of alkyl halides is 3. The second-order valence-electron chi connectivity index (χ2n) is 5.38. The Labute approximate surface area is 153 Å². The number of benzene rings is 1. The predicted octanol–water partition coefficient (Wildman–Crippen LogP) is 6.37. The van der Waals surface area contributed by atoms with Crippen LogP contribution in [0.4, 0.5) is 0 Å². The Balaban J connectivity index is 2.34. The van der Waals surface area contributed by atoms with Crippen LogP contribution in [0, 0.1) is 11.3 Å². The van der Waals surface area contributed by atoms with Gasteiger partial charge in [-0.05, 0) is 57.0 Å². The lowest BCUT2D eigenvalue weighted by molar-refractivity contribution is 0.361. The van der Waals surface area contributed by atoms with Crippen molar-refractivity contribution in [1.29, 1.82) is 5.26 Å². The lowest BCUT2D eigenvalue weighted by Gasteiger charge is -2.10. The third-order valence-corrected chi connectivity index (χ3v) is 3.58. The van der Waals surface area contributed by atoms with Crippen LogP contribution in [0.2, 0.25) is 0 Å². The highest BCUT2D eigenvalue weighted by Crippen LogP contribution is 2.33. The highest BCUT2D eigenvalue weighted by Gasteiger charge is 2.19. The first kappa shape index (κ1) is 19.9. The molecule has 0 aromatic heterocycles. The fourth-order valence-electron chi connectivity index (χ4n) is 1.94. The molecule has 0 unspecified atom stereocenters. The molecule has 0 fully saturated rings. The molecule has 2 nitrogen and oxygen atoms in total. The number of ether oxygens (including phenoxy) is 1. The zero-order valence-corrected chi connectivity index (χ0v) is 15.5. The molecule has 0 radical (unpaired) electrons. The summed E-state index contributed by atoms with van der Waals surface area (Å²) in [5.74, 6) is 0.756. The summed E-state index contributed by atoms with van der Waals surface area (Å²) in [5.41, 5.74) is 2.95. The first-order valence-electron chi connectivity index (χ1n) is 7.31. The van der Waals surface area contributed by atoms with Crippen LogP contribution in [0.5, 0.6) is 5.75 Å². The minimum atomic E-state index is -1.22. The van der Waals surface area contributed by atoms with Gasteiger partial charge in [0, 0.05) is 6.42 Å². The molecule has 1 aromatic carbocycles. The monoisotopic (exact) mass is 371 g/mol. The Kier molecular flexibility index (Phi) is 8.55. The summed E-state index contributed by atoms with van der Waals surface area (Å²) in [4.78, 5) is 0. The molecular weight excluding hydrogens is 353 g/mol. The Bertz CT molecular complexity index is 592. The summed E-state index contributed by atoms with van der Waals surface area (Å²) in [6, 6.07) is 9.15. The van der Waals surface area contributed by atoms with Crippen molar-refractivity contribution in [2.45, 2.75) is 36.9 Å². The van der Waals surface area contributed by atoms with Crippen LogP contribution in [0.1, 0.15) is 38.7 Å². The first-order chi connectivity index (χ1) is 10.8. The quantitative estimate of drug-likeness (QED) is 0.411. The molecule has 1 aromatic rings. The molecule has 0 saturated carbocycles. The third-order valence-electron chi connectivity index (χ3n) is 3.18. The van der Waals surface area contributed by atoms with Crippen LogP contribution in [0.3, 0.4) is 0 Å². The van der Waals surface area contributed by atoms with Crippen LogP contribution < -0.4 is 4.74 Å². The Hall–Kier alpha value is -1.14. The smallest absolute Gasteiger partial charge is 0.194 e. The topological polar surface area (TPSA) is 33.0 Å². The first-order valence-corrected chi connectivity index (χ1v) is 8.44. The maximum Gasteiger partial charge on any atom is 0.194 e. The van der Waals surface area contributed by atoms with Gasteiger partial charge in [-0.3, -0.25) is 0 Å². The van der Waals surface area contributed by atoms with E-state index in [-0.39, 0.29) is 0 Å². The fraction of sp³-hybridized carbons (Fsp3) is 0.389. The zero-order valence-electron chi connectivity index (χ0n) is 13.3. The Morgan fingerprint density at radius 1 is 1.13 bits per heavy atom. The maximum atomic E-state index is 8.73. The Morgan fingerprint density at radius 3 is 2.35 bits per heavy atom. The van der Waals surface area contributed by atoms with Gasteiger partial charge >= 0.3 is 0 Å². The number of nitriles is 1. The van der Waals surface area contributed by atoms with Crippen LogP contribution in [-0.4, -0.2) is 10.4 Å². The van der Waals surface area contributed by atoms with Gasteiger partial charge in [0.25, 0.3) is 0 Å². The molecule has 0 heterocycles. The molecule has 0 bridgehead atoms.